The molecule has 2 aromatic carbocycles. The van der Waals surface area contributed by atoms with E-state index in [4.69, 9.17) is 4.74 Å². The van der Waals surface area contributed by atoms with Gasteiger partial charge in [-0.1, -0.05) is 24.8 Å². The first-order chi connectivity index (χ1) is 15.5. The Balaban J connectivity index is 1.80. The average molecular weight is 478 g/mol. The fraction of sp³-hybridized carbons (Fsp3) is 0.174. The van der Waals surface area contributed by atoms with Crippen molar-refractivity contribution in [2.45, 2.75) is 17.6 Å². The molecule has 3 rings (SSSR count). The third kappa shape index (κ3) is 5.71. The van der Waals surface area contributed by atoms with E-state index in [1.165, 1.54) is 41.8 Å². The minimum absolute atomic E-state index is 0.0358. The van der Waals surface area contributed by atoms with E-state index >= 15 is 0 Å². The Kier molecular flexibility index (Phi) is 7.09. The molecule has 0 aliphatic rings. The van der Waals surface area contributed by atoms with Gasteiger partial charge in [-0.3, -0.25) is 0 Å². The Morgan fingerprint density at radius 2 is 1.76 bits per heavy atom. The lowest BCUT2D eigenvalue weighted by atomic mass is 10.2. The summed E-state index contributed by atoms with van der Waals surface area (Å²) in [5.74, 6) is 0.932. The summed E-state index contributed by atoms with van der Waals surface area (Å²) in [6.07, 6.45) is -1.82. The van der Waals surface area contributed by atoms with Crippen molar-refractivity contribution < 1.29 is 26.3 Å². The topological polar surface area (TPSA) is 71.5 Å². The van der Waals surface area contributed by atoms with Crippen LogP contribution in [0.4, 0.5) is 24.7 Å². The van der Waals surface area contributed by atoms with Crippen LogP contribution in [-0.4, -0.2) is 31.9 Å². The highest BCUT2D eigenvalue weighted by Gasteiger charge is 2.30. The first kappa shape index (κ1) is 24.3. The second-order valence-corrected chi connectivity index (χ2v) is 9.17. The number of nitrogens with zero attached hydrogens (tertiary/aromatic N) is 2. The molecule has 0 atom stereocenters. The van der Waals surface area contributed by atoms with Crippen LogP contribution in [0.5, 0.6) is 5.75 Å². The Hall–Kier alpha value is -3.37. The number of anilines is 2. The molecule has 0 unspecified atom stereocenters. The highest BCUT2D eigenvalue weighted by molar-refractivity contribution is 7.89. The Labute approximate surface area is 190 Å². The zero-order chi connectivity index (χ0) is 24.2. The summed E-state index contributed by atoms with van der Waals surface area (Å²) in [5.41, 5.74) is 0.755. The van der Waals surface area contributed by atoms with Crippen molar-refractivity contribution in [1.82, 2.24) is 9.29 Å². The fourth-order valence-corrected chi connectivity index (χ4v) is 4.14. The second kappa shape index (κ2) is 9.63. The van der Waals surface area contributed by atoms with Crippen LogP contribution in [0.2, 0.25) is 0 Å². The van der Waals surface area contributed by atoms with Crippen molar-refractivity contribution in [2.24, 2.45) is 0 Å². The molecule has 0 saturated heterocycles. The second-order valence-electron chi connectivity index (χ2n) is 7.12. The predicted octanol–water partition coefficient (Wildman–Crippen LogP) is 5.32. The zero-order valence-electron chi connectivity index (χ0n) is 17.9. The van der Waals surface area contributed by atoms with E-state index in [0.29, 0.717) is 17.0 Å². The van der Waals surface area contributed by atoms with Gasteiger partial charge >= 0.3 is 6.18 Å². The van der Waals surface area contributed by atoms with Crippen LogP contribution in [0.25, 0.3) is 6.08 Å². The molecule has 0 bridgehead atoms. The molecular weight excluding hydrogens is 455 g/mol. The molecule has 174 valence electrons. The Morgan fingerprint density at radius 3 is 2.30 bits per heavy atom. The molecule has 0 aliphatic heterocycles. The molecule has 3 aromatic rings. The summed E-state index contributed by atoms with van der Waals surface area (Å²) >= 11 is 0. The van der Waals surface area contributed by atoms with Crippen molar-refractivity contribution in [3.63, 3.8) is 0 Å². The van der Waals surface area contributed by atoms with Gasteiger partial charge in [-0.2, -0.15) is 17.5 Å². The number of pyridine rings is 1. The van der Waals surface area contributed by atoms with Crippen LogP contribution in [0.1, 0.15) is 16.7 Å². The number of methoxy groups -OCH3 is 1. The number of benzene rings is 2. The van der Waals surface area contributed by atoms with Gasteiger partial charge in [0.1, 0.15) is 16.5 Å². The minimum atomic E-state index is -4.43. The molecule has 33 heavy (non-hydrogen) atoms. The van der Waals surface area contributed by atoms with Crippen LogP contribution in [0, 0.1) is 0 Å². The van der Waals surface area contributed by atoms with E-state index < -0.39 is 21.8 Å². The lowest BCUT2D eigenvalue weighted by Gasteiger charge is -2.18. The number of nitrogens with one attached hydrogen (secondary N) is 1. The number of ether oxygens (including phenoxy) is 1. The van der Waals surface area contributed by atoms with Gasteiger partial charge in [0.15, 0.2) is 0 Å². The van der Waals surface area contributed by atoms with E-state index in [1.54, 1.807) is 31.4 Å². The Morgan fingerprint density at radius 1 is 1.12 bits per heavy atom. The quantitative estimate of drug-likeness (QED) is 0.476. The molecule has 0 amide bonds. The van der Waals surface area contributed by atoms with Crippen molar-refractivity contribution in [2.75, 3.05) is 19.5 Å². The van der Waals surface area contributed by atoms with Gasteiger partial charge in [0.25, 0.3) is 0 Å². The van der Waals surface area contributed by atoms with Crippen molar-refractivity contribution in [1.29, 1.82) is 0 Å². The summed E-state index contributed by atoms with van der Waals surface area (Å²) < 4.78 is 70.6. The average Bonchev–Trinajstić information content (AvgIpc) is 2.79. The van der Waals surface area contributed by atoms with E-state index in [1.807, 2.05) is 0 Å². The largest absolute Gasteiger partial charge is 0.497 e. The smallest absolute Gasteiger partial charge is 0.416 e. The molecular formula is C23H22F3N3O3S. The summed E-state index contributed by atoms with van der Waals surface area (Å²) in [4.78, 5) is 4.13. The van der Waals surface area contributed by atoms with Crippen LogP contribution in [0.3, 0.4) is 0 Å². The van der Waals surface area contributed by atoms with Gasteiger partial charge in [0, 0.05) is 31.0 Å². The molecule has 10 heteroatoms. The fourth-order valence-electron chi connectivity index (χ4n) is 2.99. The highest BCUT2D eigenvalue weighted by Crippen LogP contribution is 2.31. The molecule has 1 N–H and O–H groups in total. The van der Waals surface area contributed by atoms with Crippen LogP contribution in [-0.2, 0) is 22.7 Å². The van der Waals surface area contributed by atoms with Gasteiger partial charge in [0.2, 0.25) is 10.0 Å². The van der Waals surface area contributed by atoms with Gasteiger partial charge in [0.05, 0.1) is 12.7 Å². The number of halogens is 3. The third-order valence-corrected chi connectivity index (χ3v) is 6.63. The van der Waals surface area contributed by atoms with E-state index in [2.05, 4.69) is 16.9 Å². The van der Waals surface area contributed by atoms with Crippen molar-refractivity contribution in [3.05, 3.63) is 84.1 Å². The summed E-state index contributed by atoms with van der Waals surface area (Å²) in [6, 6.07) is 12.9. The standard InChI is InChI=1S/C23H22F3N3O3S/c1-4-17-13-21(33(30,31)29(2)15-16-5-11-20(32-3)12-6-16)14-27-22(17)28-19-9-7-18(8-10-19)23(24,25)26/h4-14H,1,15H2,2-3H3,(H,27,28). The van der Waals surface area contributed by atoms with E-state index in [0.717, 1.165) is 17.7 Å². The molecule has 1 heterocycles. The molecule has 0 fully saturated rings. The first-order valence-electron chi connectivity index (χ1n) is 9.70. The first-order valence-corrected chi connectivity index (χ1v) is 11.1. The number of hydrogen-bond acceptors (Lipinski definition) is 5. The number of rotatable bonds is 8. The molecule has 0 aliphatic carbocycles. The lowest BCUT2D eigenvalue weighted by Crippen LogP contribution is -2.26. The SMILES string of the molecule is C=Cc1cc(S(=O)(=O)N(C)Cc2ccc(OC)cc2)cnc1Nc1ccc(C(F)(F)F)cc1. The minimum Gasteiger partial charge on any atom is -0.497 e. The van der Waals surface area contributed by atoms with Gasteiger partial charge in [-0.25, -0.2) is 13.4 Å². The summed E-state index contributed by atoms with van der Waals surface area (Å²) in [5, 5.41) is 2.89. The number of aromatic nitrogens is 1. The zero-order valence-corrected chi connectivity index (χ0v) is 18.7. The van der Waals surface area contributed by atoms with Gasteiger partial charge in [-0.15, -0.1) is 0 Å². The maximum Gasteiger partial charge on any atom is 0.416 e. The van der Waals surface area contributed by atoms with Crippen LogP contribution >= 0.6 is 0 Å². The van der Waals surface area contributed by atoms with E-state index in [-0.39, 0.29) is 17.3 Å². The Bertz CT molecular complexity index is 1230. The van der Waals surface area contributed by atoms with Crippen molar-refractivity contribution >= 4 is 27.6 Å². The third-order valence-electron chi connectivity index (χ3n) is 4.86. The van der Waals surface area contributed by atoms with E-state index in [9.17, 15) is 21.6 Å². The molecule has 0 spiro atoms. The summed E-state index contributed by atoms with van der Waals surface area (Å²) in [7, 11) is -0.851. The molecule has 6 nitrogen and oxygen atoms in total. The monoisotopic (exact) mass is 477 g/mol. The number of alkyl halides is 3. The molecule has 0 radical (unpaired) electrons. The number of sulfonamides is 1. The van der Waals surface area contributed by atoms with Gasteiger partial charge < -0.3 is 10.1 Å². The molecule has 1 aromatic heterocycles. The molecule has 0 saturated carbocycles. The maximum absolute atomic E-state index is 13.0. The normalized spacial score (nSPS) is 11.9. The van der Waals surface area contributed by atoms with Crippen molar-refractivity contribution in [3.8, 4) is 5.75 Å². The maximum atomic E-state index is 13.0. The van der Waals surface area contributed by atoms with Crippen LogP contribution in [0.15, 0.2) is 72.3 Å². The number of hydrogen-bond donors (Lipinski definition) is 1. The highest BCUT2D eigenvalue weighted by atomic mass is 32.2. The van der Waals surface area contributed by atoms with Crippen LogP contribution < -0.4 is 10.1 Å². The predicted molar refractivity (Wildman–Crippen MR) is 121 cm³/mol. The lowest BCUT2D eigenvalue weighted by molar-refractivity contribution is -0.137. The van der Waals surface area contributed by atoms with Gasteiger partial charge in [-0.05, 0) is 48.0 Å². The summed E-state index contributed by atoms with van der Waals surface area (Å²) in [6.45, 7) is 3.82.